The molecule has 4 rings (SSSR count). The van der Waals surface area contributed by atoms with Crippen molar-refractivity contribution in [2.45, 2.75) is 6.54 Å². The second kappa shape index (κ2) is 12.0. The van der Waals surface area contributed by atoms with Crippen LogP contribution in [0.5, 0.6) is 11.5 Å². The molecule has 1 aromatic heterocycles. The van der Waals surface area contributed by atoms with Crippen LogP contribution in [0.15, 0.2) is 60.0 Å². The Hall–Kier alpha value is -3.43. The van der Waals surface area contributed by atoms with Gasteiger partial charge in [-0.3, -0.25) is 14.5 Å². The van der Waals surface area contributed by atoms with Gasteiger partial charge in [0, 0.05) is 51.9 Å². The van der Waals surface area contributed by atoms with Crippen molar-refractivity contribution in [3.05, 3.63) is 81.8 Å². The van der Waals surface area contributed by atoms with E-state index >= 15 is 0 Å². The Morgan fingerprint density at radius 1 is 1.00 bits per heavy atom. The van der Waals surface area contributed by atoms with E-state index in [0.717, 1.165) is 5.56 Å². The maximum Gasteiger partial charge on any atom is 0.264 e. The Labute approximate surface area is 214 Å². The molecule has 0 radical (unpaired) electrons. The van der Waals surface area contributed by atoms with Crippen molar-refractivity contribution in [1.82, 2.24) is 14.7 Å². The molecule has 7 nitrogen and oxygen atoms in total. The number of thiophene rings is 1. The summed E-state index contributed by atoms with van der Waals surface area (Å²) in [6.45, 7) is 4.23. The first-order valence-electron chi connectivity index (χ1n) is 11.8. The summed E-state index contributed by atoms with van der Waals surface area (Å²) in [5, 5.41) is 1.89. The molecule has 36 heavy (non-hydrogen) atoms. The van der Waals surface area contributed by atoms with Crippen LogP contribution in [0.2, 0.25) is 0 Å². The minimum absolute atomic E-state index is 0.0326. The summed E-state index contributed by atoms with van der Waals surface area (Å²) in [4.78, 5) is 32.8. The summed E-state index contributed by atoms with van der Waals surface area (Å²) in [6.07, 6.45) is 0. The minimum atomic E-state index is -0.297. The lowest BCUT2D eigenvalue weighted by Crippen LogP contribution is -2.50. The molecule has 0 bridgehead atoms. The quantitative estimate of drug-likeness (QED) is 0.435. The number of methoxy groups -OCH3 is 2. The highest BCUT2D eigenvalue weighted by molar-refractivity contribution is 7.12. The number of amides is 2. The fourth-order valence-corrected chi connectivity index (χ4v) is 4.89. The van der Waals surface area contributed by atoms with E-state index in [1.807, 2.05) is 22.4 Å². The lowest BCUT2D eigenvalue weighted by molar-refractivity contribution is 0.0597. The first-order valence-corrected chi connectivity index (χ1v) is 12.7. The van der Waals surface area contributed by atoms with Gasteiger partial charge in [0.2, 0.25) is 0 Å². The monoisotopic (exact) mass is 511 g/mol. The number of piperazine rings is 1. The Kier molecular flexibility index (Phi) is 8.56. The van der Waals surface area contributed by atoms with Gasteiger partial charge in [0.25, 0.3) is 11.8 Å². The van der Waals surface area contributed by atoms with Gasteiger partial charge in [-0.1, -0.05) is 18.2 Å². The molecule has 9 heteroatoms. The number of carbonyl (C=O) groups is 2. The number of hydrogen-bond donors (Lipinski definition) is 0. The van der Waals surface area contributed by atoms with E-state index in [-0.39, 0.29) is 17.6 Å². The molecule has 0 N–H and O–H groups in total. The van der Waals surface area contributed by atoms with E-state index in [4.69, 9.17) is 9.47 Å². The minimum Gasteiger partial charge on any atom is -0.497 e. The van der Waals surface area contributed by atoms with Crippen molar-refractivity contribution in [1.29, 1.82) is 0 Å². The van der Waals surface area contributed by atoms with Gasteiger partial charge in [-0.2, -0.15) is 0 Å². The van der Waals surface area contributed by atoms with Gasteiger partial charge >= 0.3 is 0 Å². The molecule has 1 saturated heterocycles. The second-order valence-electron chi connectivity index (χ2n) is 8.53. The molecule has 2 heterocycles. The van der Waals surface area contributed by atoms with Gasteiger partial charge in [0.05, 0.1) is 24.7 Å². The topological polar surface area (TPSA) is 62.3 Å². The van der Waals surface area contributed by atoms with Crippen LogP contribution < -0.4 is 9.47 Å². The van der Waals surface area contributed by atoms with E-state index in [1.54, 1.807) is 49.5 Å². The van der Waals surface area contributed by atoms with Crippen LogP contribution in [0, 0.1) is 5.82 Å². The van der Waals surface area contributed by atoms with Crippen molar-refractivity contribution in [2.75, 3.05) is 53.5 Å². The van der Waals surface area contributed by atoms with E-state index in [1.165, 1.54) is 23.5 Å². The van der Waals surface area contributed by atoms with Crippen LogP contribution in [0.25, 0.3) is 0 Å². The van der Waals surface area contributed by atoms with Crippen LogP contribution >= 0.6 is 11.3 Å². The fraction of sp³-hybridized carbons (Fsp3) is 0.333. The Bertz CT molecular complexity index is 1160. The standard InChI is InChI=1S/C27H30FN3O4S/c1-34-22-9-10-23(24(18-22)35-2)26(32)30-14-11-29(12-15-30)13-16-31(27(33)25-4-3-17-36-25)19-20-5-7-21(28)8-6-20/h3-10,17-18H,11-16,19H2,1-2H3. The fourth-order valence-electron chi connectivity index (χ4n) is 4.20. The first-order chi connectivity index (χ1) is 17.5. The molecule has 1 aliphatic heterocycles. The molecule has 3 aromatic rings. The molecule has 0 unspecified atom stereocenters. The molecular weight excluding hydrogens is 481 g/mol. The molecule has 1 fully saturated rings. The number of carbonyl (C=O) groups excluding carboxylic acids is 2. The van der Waals surface area contributed by atoms with E-state index in [0.29, 0.717) is 67.8 Å². The van der Waals surface area contributed by atoms with E-state index < -0.39 is 0 Å². The highest BCUT2D eigenvalue weighted by Crippen LogP contribution is 2.26. The maximum atomic E-state index is 13.3. The average Bonchev–Trinajstić information content (AvgIpc) is 3.46. The molecule has 190 valence electrons. The van der Waals surface area contributed by atoms with Crippen molar-refractivity contribution in [3.63, 3.8) is 0 Å². The molecule has 1 aliphatic rings. The van der Waals surface area contributed by atoms with Gasteiger partial charge in [0.1, 0.15) is 17.3 Å². The molecular formula is C27H30FN3O4S. The van der Waals surface area contributed by atoms with Crippen LogP contribution in [0.4, 0.5) is 4.39 Å². The number of rotatable bonds is 9. The molecule has 0 aliphatic carbocycles. The zero-order chi connectivity index (χ0) is 25.5. The van der Waals surface area contributed by atoms with Gasteiger partial charge in [0.15, 0.2) is 0 Å². The van der Waals surface area contributed by atoms with Crippen LogP contribution in [0.1, 0.15) is 25.6 Å². The number of hydrogen-bond acceptors (Lipinski definition) is 6. The summed E-state index contributed by atoms with van der Waals surface area (Å²) in [6, 6.07) is 15.1. The van der Waals surface area contributed by atoms with Gasteiger partial charge in [-0.25, -0.2) is 4.39 Å². The smallest absolute Gasteiger partial charge is 0.264 e. The third kappa shape index (κ3) is 6.22. The van der Waals surface area contributed by atoms with Gasteiger partial charge in [-0.15, -0.1) is 11.3 Å². The zero-order valence-corrected chi connectivity index (χ0v) is 21.3. The van der Waals surface area contributed by atoms with Crippen molar-refractivity contribution in [2.24, 2.45) is 0 Å². The Balaban J connectivity index is 1.35. The predicted molar refractivity (Wildman–Crippen MR) is 137 cm³/mol. The van der Waals surface area contributed by atoms with Crippen molar-refractivity contribution >= 4 is 23.2 Å². The van der Waals surface area contributed by atoms with E-state index in [2.05, 4.69) is 4.90 Å². The lowest BCUT2D eigenvalue weighted by atomic mass is 10.1. The normalized spacial score (nSPS) is 13.9. The predicted octanol–water partition coefficient (Wildman–Crippen LogP) is 4.00. The summed E-state index contributed by atoms with van der Waals surface area (Å²) in [7, 11) is 3.11. The molecule has 0 spiro atoms. The Morgan fingerprint density at radius 3 is 2.39 bits per heavy atom. The number of nitrogens with zero attached hydrogens (tertiary/aromatic N) is 3. The summed E-state index contributed by atoms with van der Waals surface area (Å²) < 4.78 is 24.0. The van der Waals surface area contributed by atoms with Crippen LogP contribution in [-0.4, -0.2) is 80.0 Å². The molecule has 0 saturated carbocycles. The summed E-state index contributed by atoms with van der Waals surface area (Å²) in [5.41, 5.74) is 1.39. The summed E-state index contributed by atoms with van der Waals surface area (Å²) in [5.74, 6) is 0.727. The third-order valence-corrected chi connectivity index (χ3v) is 7.15. The van der Waals surface area contributed by atoms with Crippen LogP contribution in [0.3, 0.4) is 0 Å². The van der Waals surface area contributed by atoms with Crippen molar-refractivity contribution in [3.8, 4) is 11.5 Å². The second-order valence-corrected chi connectivity index (χ2v) is 9.48. The molecule has 2 amide bonds. The summed E-state index contributed by atoms with van der Waals surface area (Å²) >= 11 is 1.41. The maximum absolute atomic E-state index is 13.3. The molecule has 2 aromatic carbocycles. The number of ether oxygens (including phenoxy) is 2. The van der Waals surface area contributed by atoms with Gasteiger partial charge in [-0.05, 0) is 41.3 Å². The lowest BCUT2D eigenvalue weighted by Gasteiger charge is -2.36. The highest BCUT2D eigenvalue weighted by atomic mass is 32.1. The first kappa shape index (κ1) is 25.7. The number of halogens is 1. The number of benzene rings is 2. The van der Waals surface area contributed by atoms with Gasteiger partial charge < -0.3 is 19.3 Å². The highest BCUT2D eigenvalue weighted by Gasteiger charge is 2.25. The van der Waals surface area contributed by atoms with E-state index in [9.17, 15) is 14.0 Å². The molecule has 0 atom stereocenters. The van der Waals surface area contributed by atoms with Crippen LogP contribution in [-0.2, 0) is 6.54 Å². The Morgan fingerprint density at radius 2 is 1.75 bits per heavy atom. The SMILES string of the molecule is COc1ccc(C(=O)N2CCN(CCN(Cc3ccc(F)cc3)C(=O)c3cccs3)CC2)c(OC)c1. The average molecular weight is 512 g/mol. The van der Waals surface area contributed by atoms with Crippen molar-refractivity contribution < 1.29 is 23.5 Å². The third-order valence-electron chi connectivity index (χ3n) is 6.29. The largest absolute Gasteiger partial charge is 0.497 e. The zero-order valence-electron chi connectivity index (χ0n) is 20.5.